The fraction of sp³-hybridized carbons (Fsp3) is 0.350. The fourth-order valence-electron chi connectivity index (χ4n) is 4.14. The zero-order valence-electron chi connectivity index (χ0n) is 14.4. The van der Waals surface area contributed by atoms with Gasteiger partial charge in [-0.15, -0.1) is 6.58 Å². The van der Waals surface area contributed by atoms with Crippen LogP contribution in [0.5, 0.6) is 0 Å². The number of aromatic nitrogens is 1. The molecule has 0 bridgehead atoms. The molecule has 0 fully saturated rings. The van der Waals surface area contributed by atoms with Gasteiger partial charge >= 0.3 is 0 Å². The van der Waals surface area contributed by atoms with Crippen LogP contribution in [0, 0.1) is 0 Å². The summed E-state index contributed by atoms with van der Waals surface area (Å²) in [4.78, 5) is 12.2. The van der Waals surface area contributed by atoms with Gasteiger partial charge in [-0.05, 0) is 42.0 Å². The van der Waals surface area contributed by atoms with E-state index in [1.807, 2.05) is 48.0 Å². The third-order valence-corrected chi connectivity index (χ3v) is 5.19. The van der Waals surface area contributed by atoms with Gasteiger partial charge in [0, 0.05) is 11.9 Å². The molecule has 1 amide bonds. The van der Waals surface area contributed by atoms with Gasteiger partial charge in [0.05, 0.1) is 11.1 Å². The van der Waals surface area contributed by atoms with Crippen molar-refractivity contribution in [1.29, 1.82) is 0 Å². The average Bonchev–Trinajstić information content (AvgIpc) is 3.04. The lowest BCUT2D eigenvalue weighted by Crippen LogP contribution is -2.37. The minimum Gasteiger partial charge on any atom is -0.383 e. The Morgan fingerprint density at radius 1 is 1.33 bits per heavy atom. The monoisotopic (exact) mass is 324 g/mol. The highest BCUT2D eigenvalue weighted by atomic mass is 16.3. The van der Waals surface area contributed by atoms with Gasteiger partial charge in [-0.25, -0.2) is 0 Å². The number of hydrogen-bond donors (Lipinski definition) is 2. The van der Waals surface area contributed by atoms with E-state index < -0.39 is 11.5 Å². The molecule has 2 aromatic rings. The molecule has 0 aliphatic heterocycles. The molecule has 0 saturated carbocycles. The van der Waals surface area contributed by atoms with Crippen LogP contribution in [0.2, 0.25) is 0 Å². The number of para-hydroxylation sites is 1. The van der Waals surface area contributed by atoms with E-state index >= 15 is 0 Å². The molecule has 1 aliphatic carbocycles. The summed E-state index contributed by atoms with van der Waals surface area (Å²) in [5.41, 5.74) is 8.34. The first-order chi connectivity index (χ1) is 11.2. The molecular weight excluding hydrogens is 300 g/mol. The van der Waals surface area contributed by atoms with Crippen molar-refractivity contribution in [2.24, 2.45) is 5.73 Å². The van der Waals surface area contributed by atoms with Gasteiger partial charge in [-0.2, -0.15) is 0 Å². The van der Waals surface area contributed by atoms with Crippen LogP contribution in [-0.2, 0) is 15.6 Å². The number of benzene rings is 1. The summed E-state index contributed by atoms with van der Waals surface area (Å²) < 4.78 is 1.96. The summed E-state index contributed by atoms with van der Waals surface area (Å²) >= 11 is 0. The molecule has 2 atom stereocenters. The third kappa shape index (κ3) is 2.21. The maximum absolute atomic E-state index is 12.2. The molecule has 3 N–H and O–H groups in total. The summed E-state index contributed by atoms with van der Waals surface area (Å²) in [6.45, 7) is 9.82. The summed E-state index contributed by atoms with van der Waals surface area (Å²) in [7, 11) is 0. The summed E-state index contributed by atoms with van der Waals surface area (Å²) in [5.74, 6) is -0.334. The van der Waals surface area contributed by atoms with Crippen LogP contribution in [0.15, 0.2) is 49.2 Å². The molecule has 0 saturated heterocycles. The van der Waals surface area contributed by atoms with Crippen molar-refractivity contribution >= 4 is 5.91 Å². The van der Waals surface area contributed by atoms with Crippen LogP contribution in [0.25, 0.3) is 5.69 Å². The Morgan fingerprint density at radius 3 is 2.50 bits per heavy atom. The van der Waals surface area contributed by atoms with E-state index in [9.17, 15) is 9.90 Å². The number of aliphatic hydroxyl groups is 1. The third-order valence-electron chi connectivity index (χ3n) is 5.19. The van der Waals surface area contributed by atoms with E-state index in [-0.39, 0.29) is 11.3 Å². The molecule has 2 unspecified atom stereocenters. The second kappa shape index (κ2) is 5.35. The van der Waals surface area contributed by atoms with Crippen molar-refractivity contribution in [3.63, 3.8) is 0 Å². The highest BCUT2D eigenvalue weighted by Gasteiger charge is 2.51. The Labute approximate surface area is 142 Å². The molecular formula is C20H24N2O2. The van der Waals surface area contributed by atoms with Crippen LogP contribution in [-0.4, -0.2) is 15.6 Å². The Kier molecular flexibility index (Phi) is 3.68. The SMILES string of the molecule is C=CC(O)c1c2c(cn1-c1ccccc1)C(C)(C(N)=O)CC2(C)C. The Balaban J connectivity index is 2.36. The molecule has 1 aliphatic rings. The van der Waals surface area contributed by atoms with Crippen LogP contribution < -0.4 is 5.73 Å². The largest absolute Gasteiger partial charge is 0.383 e. The van der Waals surface area contributed by atoms with Crippen LogP contribution in [0.3, 0.4) is 0 Å². The van der Waals surface area contributed by atoms with E-state index in [2.05, 4.69) is 20.4 Å². The predicted octanol–water partition coefficient (Wildman–Crippen LogP) is 3.12. The molecule has 4 heteroatoms. The van der Waals surface area contributed by atoms with Crippen molar-refractivity contribution in [3.05, 3.63) is 66.0 Å². The molecule has 0 radical (unpaired) electrons. The van der Waals surface area contributed by atoms with Crippen LogP contribution in [0.4, 0.5) is 0 Å². The number of amides is 1. The smallest absolute Gasteiger partial charge is 0.227 e. The first-order valence-electron chi connectivity index (χ1n) is 8.14. The molecule has 3 rings (SSSR count). The zero-order valence-corrected chi connectivity index (χ0v) is 14.4. The van der Waals surface area contributed by atoms with E-state index in [1.165, 1.54) is 6.08 Å². The first-order valence-corrected chi connectivity index (χ1v) is 8.14. The van der Waals surface area contributed by atoms with Crippen molar-refractivity contribution < 1.29 is 9.90 Å². The number of aliphatic hydroxyl groups excluding tert-OH is 1. The number of hydrogen-bond acceptors (Lipinski definition) is 2. The molecule has 1 aromatic carbocycles. The summed E-state index contributed by atoms with van der Waals surface area (Å²) in [6, 6.07) is 9.79. The Hall–Kier alpha value is -2.33. The van der Waals surface area contributed by atoms with Crippen LogP contribution in [0.1, 0.15) is 50.1 Å². The molecule has 1 aromatic heterocycles. The predicted molar refractivity (Wildman–Crippen MR) is 95.1 cm³/mol. The number of primary amides is 1. The van der Waals surface area contributed by atoms with Gasteiger partial charge in [0.15, 0.2) is 0 Å². The number of carbonyl (C=O) groups excluding carboxylic acids is 1. The standard InChI is InChI=1S/C20H24N2O2/c1-5-15(23)17-16-14(11-22(17)13-9-7-6-8-10-13)20(4,18(21)24)12-19(16,2)3/h5-11,15,23H,1,12H2,2-4H3,(H2,21,24). The zero-order chi connectivity index (χ0) is 17.7. The van der Waals surface area contributed by atoms with Gasteiger partial charge in [0.1, 0.15) is 6.10 Å². The lowest BCUT2D eigenvalue weighted by Gasteiger charge is -2.27. The van der Waals surface area contributed by atoms with Crippen molar-refractivity contribution in [3.8, 4) is 5.69 Å². The number of nitrogens with two attached hydrogens (primary N) is 1. The van der Waals surface area contributed by atoms with Gasteiger partial charge in [0.25, 0.3) is 0 Å². The van der Waals surface area contributed by atoms with Crippen molar-refractivity contribution in [2.75, 3.05) is 0 Å². The van der Waals surface area contributed by atoms with Gasteiger partial charge in [-0.1, -0.05) is 38.1 Å². The number of carbonyl (C=O) groups is 1. The van der Waals surface area contributed by atoms with Gasteiger partial charge < -0.3 is 15.4 Å². The number of rotatable bonds is 4. The highest BCUT2D eigenvalue weighted by molar-refractivity contribution is 5.88. The number of fused-ring (bicyclic) bond motifs is 1. The highest BCUT2D eigenvalue weighted by Crippen LogP contribution is 2.53. The van der Waals surface area contributed by atoms with Crippen molar-refractivity contribution in [2.45, 2.75) is 44.1 Å². The lowest BCUT2D eigenvalue weighted by atomic mass is 9.79. The Bertz CT molecular complexity index is 805. The molecule has 24 heavy (non-hydrogen) atoms. The Morgan fingerprint density at radius 2 is 1.96 bits per heavy atom. The van der Waals surface area contributed by atoms with E-state index in [0.717, 1.165) is 22.5 Å². The topological polar surface area (TPSA) is 68.2 Å². The normalized spacial score (nSPS) is 22.8. The first kappa shape index (κ1) is 16.5. The van der Waals surface area contributed by atoms with E-state index in [4.69, 9.17) is 5.73 Å². The minimum atomic E-state index is -0.816. The minimum absolute atomic E-state index is 0.265. The second-order valence-electron chi connectivity index (χ2n) is 7.45. The average molecular weight is 324 g/mol. The van der Waals surface area contributed by atoms with E-state index in [1.54, 1.807) is 0 Å². The van der Waals surface area contributed by atoms with Crippen LogP contribution >= 0.6 is 0 Å². The molecule has 4 nitrogen and oxygen atoms in total. The van der Waals surface area contributed by atoms with Crippen molar-refractivity contribution in [1.82, 2.24) is 4.57 Å². The maximum atomic E-state index is 12.2. The lowest BCUT2D eigenvalue weighted by molar-refractivity contribution is -0.123. The quantitative estimate of drug-likeness (QED) is 0.849. The summed E-state index contributed by atoms with van der Waals surface area (Å²) in [5, 5.41) is 10.6. The second-order valence-corrected chi connectivity index (χ2v) is 7.45. The van der Waals surface area contributed by atoms with Gasteiger partial charge in [-0.3, -0.25) is 4.79 Å². The number of nitrogens with zero attached hydrogens (tertiary/aromatic N) is 1. The molecule has 126 valence electrons. The van der Waals surface area contributed by atoms with Gasteiger partial charge in [0.2, 0.25) is 5.91 Å². The fourth-order valence-corrected chi connectivity index (χ4v) is 4.14. The maximum Gasteiger partial charge on any atom is 0.227 e. The molecule has 1 heterocycles. The summed E-state index contributed by atoms with van der Waals surface area (Å²) in [6.07, 6.45) is 3.28. The molecule has 0 spiro atoms. The van der Waals surface area contributed by atoms with E-state index in [0.29, 0.717) is 6.42 Å².